The highest BCUT2D eigenvalue weighted by Crippen LogP contribution is 2.27. The molecule has 0 spiro atoms. The molecule has 1 aromatic heterocycles. The van der Waals surface area contributed by atoms with Crippen molar-refractivity contribution >= 4 is 38.2 Å². The van der Waals surface area contributed by atoms with Crippen LogP contribution in [0.4, 0.5) is 10.1 Å². The highest BCUT2D eigenvalue weighted by Gasteiger charge is 2.20. The number of nitrogens with zero attached hydrogens (tertiary/aromatic N) is 4. The molecule has 0 amide bonds. The number of benzene rings is 4. The molecule has 0 saturated carbocycles. The molecule has 0 atom stereocenters. The molecule has 0 fully saturated rings. The van der Waals surface area contributed by atoms with E-state index in [0.29, 0.717) is 22.4 Å². The molecule has 4 aromatic carbocycles. The average Bonchev–Trinajstić information content (AvgIpc) is 3.34. The number of fused-ring (bicyclic) bond motifs is 1. The minimum atomic E-state index is -3.88. The number of non-ortho nitro benzene ring substituents is 1. The van der Waals surface area contributed by atoms with Crippen molar-refractivity contribution < 1.29 is 17.7 Å². The summed E-state index contributed by atoms with van der Waals surface area (Å²) in [7, 11) is -3.88. The van der Waals surface area contributed by atoms with Crippen LogP contribution in [0.15, 0.2) is 101 Å². The zero-order valence-corrected chi connectivity index (χ0v) is 21.3. The molecule has 0 saturated heterocycles. The Morgan fingerprint density at radius 1 is 0.921 bits per heavy atom. The molecule has 0 radical (unpaired) electrons. The van der Waals surface area contributed by atoms with Crippen LogP contribution >= 0.6 is 11.8 Å². The van der Waals surface area contributed by atoms with E-state index in [9.17, 15) is 22.9 Å². The van der Waals surface area contributed by atoms with Gasteiger partial charge in [-0.15, -0.1) is 10.2 Å². The van der Waals surface area contributed by atoms with Gasteiger partial charge in [0.1, 0.15) is 5.82 Å². The maximum absolute atomic E-state index is 13.3. The van der Waals surface area contributed by atoms with Crippen LogP contribution in [0.25, 0.3) is 16.5 Å². The fourth-order valence-electron chi connectivity index (χ4n) is 3.80. The summed E-state index contributed by atoms with van der Waals surface area (Å²) in [5.74, 6) is 0.410. The van der Waals surface area contributed by atoms with Crippen LogP contribution in [0.3, 0.4) is 0 Å². The Balaban J connectivity index is 1.43. The fraction of sp³-hybridized carbons (Fsp3) is 0.0769. The number of rotatable bonds is 9. The molecule has 0 aliphatic heterocycles. The first-order valence-electron chi connectivity index (χ1n) is 11.3. The molecule has 192 valence electrons. The van der Waals surface area contributed by atoms with Gasteiger partial charge < -0.3 is 0 Å². The Morgan fingerprint density at radius 2 is 1.63 bits per heavy atom. The molecule has 0 bridgehead atoms. The molecule has 1 N–H and O–H groups in total. The number of hydrogen-bond acceptors (Lipinski definition) is 7. The van der Waals surface area contributed by atoms with E-state index in [2.05, 4.69) is 14.9 Å². The summed E-state index contributed by atoms with van der Waals surface area (Å²) in [5.41, 5.74) is 1.30. The molecular weight excluding hydrogens is 529 g/mol. The zero-order chi connectivity index (χ0) is 26.7. The van der Waals surface area contributed by atoms with Gasteiger partial charge in [-0.2, -0.15) is 0 Å². The SMILES string of the molecule is O=[N+]([O-])c1ccc(-n2c(CNS(=O)(=O)c3ccc4ccccc4c3)nnc2SCc2ccc(F)cc2)cc1. The monoisotopic (exact) mass is 549 g/mol. The van der Waals surface area contributed by atoms with Gasteiger partial charge in [-0.3, -0.25) is 14.7 Å². The lowest BCUT2D eigenvalue weighted by molar-refractivity contribution is -0.384. The topological polar surface area (TPSA) is 120 Å². The number of nitrogens with one attached hydrogen (secondary N) is 1. The van der Waals surface area contributed by atoms with Gasteiger partial charge in [0.05, 0.1) is 16.4 Å². The maximum Gasteiger partial charge on any atom is 0.269 e. The first-order chi connectivity index (χ1) is 18.3. The van der Waals surface area contributed by atoms with Crippen LogP contribution in [0.1, 0.15) is 11.4 Å². The van der Waals surface area contributed by atoms with Crippen LogP contribution in [-0.4, -0.2) is 28.1 Å². The Kier molecular flexibility index (Phi) is 7.18. The van der Waals surface area contributed by atoms with Crippen molar-refractivity contribution in [3.05, 3.63) is 118 Å². The molecule has 0 unspecified atom stereocenters. The lowest BCUT2D eigenvalue weighted by Gasteiger charge is -2.12. The fourth-order valence-corrected chi connectivity index (χ4v) is 5.74. The Morgan fingerprint density at radius 3 is 2.34 bits per heavy atom. The van der Waals surface area contributed by atoms with E-state index in [1.807, 2.05) is 24.3 Å². The molecule has 9 nitrogen and oxygen atoms in total. The Labute approximate surface area is 221 Å². The van der Waals surface area contributed by atoms with Crippen LogP contribution < -0.4 is 4.72 Å². The van der Waals surface area contributed by atoms with Gasteiger partial charge in [0.15, 0.2) is 11.0 Å². The number of nitro benzene ring substituents is 1. The van der Waals surface area contributed by atoms with E-state index in [0.717, 1.165) is 16.3 Å². The summed E-state index contributed by atoms with van der Waals surface area (Å²) in [6.45, 7) is -0.170. The second-order valence-corrected chi connectivity index (χ2v) is 11.0. The van der Waals surface area contributed by atoms with Crippen molar-refractivity contribution in [1.82, 2.24) is 19.5 Å². The third-order valence-electron chi connectivity index (χ3n) is 5.75. The molecule has 5 aromatic rings. The van der Waals surface area contributed by atoms with E-state index in [1.54, 1.807) is 41.0 Å². The smallest absolute Gasteiger partial charge is 0.269 e. The highest BCUT2D eigenvalue weighted by molar-refractivity contribution is 7.98. The zero-order valence-electron chi connectivity index (χ0n) is 19.7. The summed E-state index contributed by atoms with van der Waals surface area (Å²) >= 11 is 1.32. The van der Waals surface area contributed by atoms with Crippen molar-refractivity contribution in [2.45, 2.75) is 22.3 Å². The van der Waals surface area contributed by atoms with E-state index in [1.165, 1.54) is 42.1 Å². The van der Waals surface area contributed by atoms with E-state index in [4.69, 9.17) is 0 Å². The number of sulfonamides is 1. The van der Waals surface area contributed by atoms with Gasteiger partial charge in [-0.05, 0) is 52.7 Å². The largest absolute Gasteiger partial charge is 0.273 e. The van der Waals surface area contributed by atoms with Crippen LogP contribution in [0.5, 0.6) is 0 Å². The molecule has 0 aliphatic rings. The van der Waals surface area contributed by atoms with E-state index in [-0.39, 0.29) is 22.9 Å². The summed E-state index contributed by atoms with van der Waals surface area (Å²) < 4.78 is 43.7. The van der Waals surface area contributed by atoms with E-state index >= 15 is 0 Å². The molecule has 38 heavy (non-hydrogen) atoms. The van der Waals surface area contributed by atoms with Gasteiger partial charge in [-0.1, -0.05) is 54.2 Å². The predicted molar refractivity (Wildman–Crippen MR) is 142 cm³/mol. The van der Waals surface area contributed by atoms with Gasteiger partial charge in [0.2, 0.25) is 10.0 Å². The maximum atomic E-state index is 13.3. The van der Waals surface area contributed by atoms with Gasteiger partial charge in [0, 0.05) is 23.6 Å². The highest BCUT2D eigenvalue weighted by atomic mass is 32.2. The lowest BCUT2D eigenvalue weighted by atomic mass is 10.1. The lowest BCUT2D eigenvalue weighted by Crippen LogP contribution is -2.25. The minimum absolute atomic E-state index is 0.0825. The Bertz CT molecular complexity index is 1720. The third kappa shape index (κ3) is 5.57. The van der Waals surface area contributed by atoms with Crippen molar-refractivity contribution in [3.63, 3.8) is 0 Å². The summed E-state index contributed by atoms with van der Waals surface area (Å²) in [5, 5.41) is 21.7. The standard InChI is InChI=1S/C26H20FN5O4S2/c27-21-8-5-18(6-9-21)17-37-26-30-29-25(31(26)22-10-12-23(13-11-22)32(33)34)16-28-38(35,36)24-14-7-19-3-1-2-4-20(19)15-24/h1-15,28H,16-17H2. The second-order valence-electron chi connectivity index (χ2n) is 8.26. The van der Waals surface area contributed by atoms with Crippen molar-refractivity contribution in [1.29, 1.82) is 0 Å². The molecular formula is C26H20FN5O4S2. The molecule has 5 rings (SSSR count). The first kappa shape index (κ1) is 25.5. The molecule has 12 heteroatoms. The van der Waals surface area contributed by atoms with Gasteiger partial charge in [0.25, 0.3) is 5.69 Å². The number of nitro groups is 1. The van der Waals surface area contributed by atoms with Crippen LogP contribution in [-0.2, 0) is 22.3 Å². The minimum Gasteiger partial charge on any atom is -0.273 e. The normalized spacial score (nSPS) is 11.6. The second kappa shape index (κ2) is 10.7. The van der Waals surface area contributed by atoms with Gasteiger partial charge in [-0.25, -0.2) is 17.5 Å². The first-order valence-corrected chi connectivity index (χ1v) is 13.8. The number of thioether (sulfide) groups is 1. The molecule has 0 aliphatic carbocycles. The number of hydrogen-bond donors (Lipinski definition) is 1. The number of aromatic nitrogens is 3. The van der Waals surface area contributed by atoms with Gasteiger partial charge >= 0.3 is 0 Å². The molecule has 1 heterocycles. The third-order valence-corrected chi connectivity index (χ3v) is 8.15. The van der Waals surface area contributed by atoms with Crippen molar-refractivity contribution in [2.75, 3.05) is 0 Å². The average molecular weight is 550 g/mol. The van der Waals surface area contributed by atoms with Crippen LogP contribution in [0, 0.1) is 15.9 Å². The quantitative estimate of drug-likeness (QED) is 0.152. The summed E-state index contributed by atoms with van der Waals surface area (Å²) in [6, 6.07) is 24.2. The number of halogens is 1. The summed E-state index contributed by atoms with van der Waals surface area (Å²) in [6.07, 6.45) is 0. The summed E-state index contributed by atoms with van der Waals surface area (Å²) in [4.78, 5) is 10.7. The van der Waals surface area contributed by atoms with E-state index < -0.39 is 14.9 Å². The Hall–Kier alpha value is -4.13. The van der Waals surface area contributed by atoms with Crippen molar-refractivity contribution in [3.8, 4) is 5.69 Å². The van der Waals surface area contributed by atoms with Crippen molar-refractivity contribution in [2.24, 2.45) is 0 Å². The van der Waals surface area contributed by atoms with Crippen LogP contribution in [0.2, 0.25) is 0 Å². The predicted octanol–water partition coefficient (Wildman–Crippen LogP) is 5.24.